The van der Waals surface area contributed by atoms with Crippen LogP contribution in [0.5, 0.6) is 0 Å². The maximum absolute atomic E-state index is 2.73. The Morgan fingerprint density at radius 2 is 0.854 bits per heavy atom. The highest BCUT2D eigenvalue weighted by Gasteiger charge is 2.50. The predicted octanol–water partition coefficient (Wildman–Crippen LogP) is 20.8. The second-order valence-corrected chi connectivity index (χ2v) is 29.8. The molecule has 0 saturated carbocycles. The number of hydrogen-bond acceptors (Lipinski definition) is 3. The van der Waals surface area contributed by atoms with E-state index < -0.39 is 5.41 Å². The second kappa shape index (κ2) is 19.1. The molecule has 0 N–H and O–H groups in total. The van der Waals surface area contributed by atoms with Crippen LogP contribution in [-0.2, 0) is 27.1 Å². The highest BCUT2D eigenvalue weighted by atomic mass is 15.2. The van der Waals surface area contributed by atoms with Gasteiger partial charge in [-0.15, -0.1) is 0 Å². The lowest BCUT2D eigenvalue weighted by Crippen LogP contribution is -2.62. The van der Waals surface area contributed by atoms with Gasteiger partial charge in [0.2, 0.25) is 0 Å². The van der Waals surface area contributed by atoms with E-state index in [1.54, 1.807) is 0 Å². The van der Waals surface area contributed by atoms with Gasteiger partial charge >= 0.3 is 0 Å². The molecule has 4 nitrogen and oxygen atoms in total. The van der Waals surface area contributed by atoms with E-state index in [1.807, 2.05) is 0 Å². The van der Waals surface area contributed by atoms with E-state index in [0.717, 1.165) is 39.8 Å². The normalized spacial score (nSPS) is 14.9. The monoisotopic (exact) mass is 1150 g/mol. The smallest absolute Gasteiger partial charge is 0.252 e. The average Bonchev–Trinajstić information content (AvgIpc) is 1.67. The number of para-hydroxylation sites is 3. The quantitative estimate of drug-likeness (QED) is 0.154. The number of benzene rings is 11. The van der Waals surface area contributed by atoms with Gasteiger partial charge < -0.3 is 19.3 Å². The molecule has 2 aliphatic carbocycles. The second-order valence-electron chi connectivity index (χ2n) is 29.8. The lowest BCUT2D eigenvalue weighted by Gasteiger charge is -2.46. The maximum atomic E-state index is 2.73. The summed E-state index contributed by atoms with van der Waals surface area (Å²) >= 11 is 0. The third-order valence-corrected chi connectivity index (χ3v) is 20.6. The molecular formula is C84H77BN4. The van der Waals surface area contributed by atoms with Gasteiger partial charge in [-0.1, -0.05) is 236 Å². The van der Waals surface area contributed by atoms with E-state index in [2.05, 4.69) is 340 Å². The molecule has 0 saturated heterocycles. The first-order valence-corrected chi connectivity index (χ1v) is 32.1. The van der Waals surface area contributed by atoms with Gasteiger partial charge in [-0.2, -0.15) is 0 Å². The molecule has 1 aromatic heterocycles. The summed E-state index contributed by atoms with van der Waals surface area (Å²) in [7, 11) is 0. The Kier molecular flexibility index (Phi) is 11.8. The van der Waals surface area contributed by atoms with Crippen LogP contribution in [-0.4, -0.2) is 11.3 Å². The number of fused-ring (bicyclic) bond motifs is 13. The molecule has 0 bridgehead atoms. The molecule has 89 heavy (non-hydrogen) atoms. The minimum absolute atomic E-state index is 0.0224. The minimum Gasteiger partial charge on any atom is -0.311 e. The SMILES string of the molecule is CC(C)(C)c1ccc(N2c3ccc(C(C)(C)C)cc3B3c4cc5c(c(-n6c7ccccc7c7cc8c(cc76)-c6ccccc6C8(C)C)c4N(c4ccc(C(C)(C)C)cc4)c4cc(N(c6ccccc6)c6ccccc6)cc2c43)C(C)(C)c2ccccc2-5)cc1. The lowest BCUT2D eigenvalue weighted by molar-refractivity contribution is 0.590. The Morgan fingerprint density at radius 3 is 1.45 bits per heavy atom. The molecule has 0 spiro atoms. The summed E-state index contributed by atoms with van der Waals surface area (Å²) < 4.78 is 2.73. The summed E-state index contributed by atoms with van der Waals surface area (Å²) in [6.07, 6.45) is 0. The van der Waals surface area contributed by atoms with Gasteiger partial charge in [0.15, 0.2) is 0 Å². The Bertz CT molecular complexity index is 4850. The summed E-state index contributed by atoms with van der Waals surface area (Å²) in [5.74, 6) is 0. The molecule has 3 heterocycles. The van der Waals surface area contributed by atoms with E-state index in [4.69, 9.17) is 0 Å². The van der Waals surface area contributed by atoms with Crippen molar-refractivity contribution in [2.24, 2.45) is 0 Å². The Hall–Kier alpha value is -9.32. The number of aromatic nitrogens is 1. The van der Waals surface area contributed by atoms with E-state index in [-0.39, 0.29) is 28.4 Å². The van der Waals surface area contributed by atoms with E-state index >= 15 is 0 Å². The van der Waals surface area contributed by atoms with Crippen LogP contribution in [0.1, 0.15) is 129 Å². The van der Waals surface area contributed by atoms with E-state index in [1.165, 1.54) is 116 Å². The number of nitrogens with zero attached hydrogens (tertiary/aromatic N) is 4. The summed E-state index contributed by atoms with van der Waals surface area (Å²) in [5, 5.41) is 2.53. The lowest BCUT2D eigenvalue weighted by atomic mass is 9.33. The molecule has 2 aliphatic heterocycles. The van der Waals surface area contributed by atoms with Crippen LogP contribution in [0.2, 0.25) is 0 Å². The largest absolute Gasteiger partial charge is 0.311 e. The van der Waals surface area contributed by atoms with Crippen molar-refractivity contribution in [2.75, 3.05) is 14.7 Å². The van der Waals surface area contributed by atoms with Crippen molar-refractivity contribution >= 4 is 96.1 Å². The maximum Gasteiger partial charge on any atom is 0.252 e. The molecule has 0 amide bonds. The standard InChI is InChI=1S/C84H77BN4/c1-80(2,3)52-36-41-57(42-37-52)87-72-45-40-54(82(7,8)9)46-69(72)85-70-50-65-61-31-21-24-34-67(61)84(12,13)76(65)79(89-71-35-25-22-32-62(71)64-49-68-63(51-73(64)89)60-30-20-23-33-66(60)83(68,10)11)78(70)88(58-43-38-53(39-44-58)81(4,5)6)75-48-59(47-74(87)77(75)85)86(55-26-16-14-17-27-55)56-28-18-15-19-29-56/h14-51H,1-13H3. The van der Waals surface area contributed by atoms with Gasteiger partial charge in [0.1, 0.15) is 0 Å². The van der Waals surface area contributed by atoms with Crippen LogP contribution in [0.3, 0.4) is 0 Å². The van der Waals surface area contributed by atoms with Crippen molar-refractivity contribution in [3.05, 3.63) is 269 Å². The molecule has 0 radical (unpaired) electrons. The number of anilines is 9. The number of rotatable bonds is 6. The zero-order valence-corrected chi connectivity index (χ0v) is 53.8. The Balaban J connectivity index is 1.12. The first-order valence-electron chi connectivity index (χ1n) is 32.1. The van der Waals surface area contributed by atoms with Crippen molar-refractivity contribution in [1.82, 2.24) is 4.57 Å². The average molecular weight is 1150 g/mol. The van der Waals surface area contributed by atoms with Gasteiger partial charge in [0.25, 0.3) is 6.71 Å². The first-order chi connectivity index (χ1) is 42.6. The minimum atomic E-state index is -0.411. The molecule has 0 atom stereocenters. The number of hydrogen-bond donors (Lipinski definition) is 0. The van der Waals surface area contributed by atoms with Gasteiger partial charge in [0, 0.05) is 61.4 Å². The van der Waals surface area contributed by atoms with Crippen molar-refractivity contribution in [3.8, 4) is 27.9 Å². The molecular weight excluding hydrogens is 1080 g/mol. The molecule has 11 aromatic carbocycles. The van der Waals surface area contributed by atoms with E-state index in [9.17, 15) is 0 Å². The highest BCUT2D eigenvalue weighted by Crippen LogP contribution is 2.59. The van der Waals surface area contributed by atoms with Crippen molar-refractivity contribution in [2.45, 2.75) is 117 Å². The Labute approximate surface area is 526 Å². The van der Waals surface area contributed by atoms with Crippen LogP contribution in [0.25, 0.3) is 49.7 Å². The molecule has 0 unspecified atom stereocenters. The third kappa shape index (κ3) is 8.12. The fourth-order valence-corrected chi connectivity index (χ4v) is 16.0. The molecule has 5 heteroatoms. The zero-order chi connectivity index (χ0) is 61.4. The summed E-state index contributed by atoms with van der Waals surface area (Å²) in [6, 6.07) is 89.0. The fourth-order valence-electron chi connectivity index (χ4n) is 16.0. The van der Waals surface area contributed by atoms with Gasteiger partial charge in [0.05, 0.1) is 28.1 Å². The highest BCUT2D eigenvalue weighted by molar-refractivity contribution is 7.00. The summed E-state index contributed by atoms with van der Waals surface area (Å²) in [6.45, 7) is 30.6. The van der Waals surface area contributed by atoms with Crippen LogP contribution < -0.4 is 31.1 Å². The summed E-state index contributed by atoms with van der Waals surface area (Å²) in [4.78, 5) is 7.79. The molecule has 0 fully saturated rings. The van der Waals surface area contributed by atoms with Crippen LogP contribution in [0.4, 0.5) is 51.2 Å². The van der Waals surface area contributed by atoms with Crippen molar-refractivity contribution in [3.63, 3.8) is 0 Å². The fraction of sp³-hybridized carbons (Fsp3) is 0.214. The zero-order valence-electron chi connectivity index (χ0n) is 53.8. The van der Waals surface area contributed by atoms with Gasteiger partial charge in [-0.25, -0.2) is 0 Å². The third-order valence-electron chi connectivity index (χ3n) is 20.6. The Morgan fingerprint density at radius 1 is 0.348 bits per heavy atom. The van der Waals surface area contributed by atoms with E-state index in [0.29, 0.717) is 0 Å². The van der Waals surface area contributed by atoms with Gasteiger partial charge in [-0.3, -0.25) is 0 Å². The van der Waals surface area contributed by atoms with Crippen molar-refractivity contribution < 1.29 is 0 Å². The molecule has 12 aromatic rings. The van der Waals surface area contributed by atoms with Gasteiger partial charge in [-0.05, 0) is 179 Å². The van der Waals surface area contributed by atoms with Crippen LogP contribution in [0, 0.1) is 0 Å². The first kappa shape index (κ1) is 55.0. The molecule has 436 valence electrons. The summed E-state index contributed by atoms with van der Waals surface area (Å²) in [5.41, 5.74) is 31.6. The topological polar surface area (TPSA) is 14.7 Å². The molecule has 4 aliphatic rings. The van der Waals surface area contributed by atoms with Crippen LogP contribution in [0.15, 0.2) is 231 Å². The molecule has 16 rings (SSSR count). The van der Waals surface area contributed by atoms with Crippen molar-refractivity contribution in [1.29, 1.82) is 0 Å². The van der Waals surface area contributed by atoms with Crippen LogP contribution >= 0.6 is 0 Å². The predicted molar refractivity (Wildman–Crippen MR) is 381 cm³/mol.